The summed E-state index contributed by atoms with van der Waals surface area (Å²) in [6.45, 7) is 0. The van der Waals surface area contributed by atoms with Gasteiger partial charge in [-0.2, -0.15) is 0 Å². The molecule has 1 aliphatic carbocycles. The van der Waals surface area contributed by atoms with Crippen molar-refractivity contribution in [1.29, 1.82) is 0 Å². The van der Waals surface area contributed by atoms with Crippen LogP contribution in [0.5, 0.6) is 0 Å². The van der Waals surface area contributed by atoms with E-state index >= 15 is 0 Å². The van der Waals surface area contributed by atoms with Crippen LogP contribution in [-0.4, -0.2) is 22.7 Å². The predicted molar refractivity (Wildman–Crippen MR) is 77.2 cm³/mol. The van der Waals surface area contributed by atoms with Crippen molar-refractivity contribution in [3.63, 3.8) is 0 Å². The van der Waals surface area contributed by atoms with Gasteiger partial charge in [0.1, 0.15) is 11.8 Å². The lowest BCUT2D eigenvalue weighted by Gasteiger charge is -2.13. The SMILES string of the molecule is O=CC1(NC(=O)c2ccccc2Cl)CC1c1cscn1. The summed E-state index contributed by atoms with van der Waals surface area (Å²) in [5.41, 5.74) is 2.10. The highest BCUT2D eigenvalue weighted by Gasteiger charge is 2.57. The Morgan fingerprint density at radius 3 is 2.95 bits per heavy atom. The quantitative estimate of drug-likeness (QED) is 0.883. The highest BCUT2D eigenvalue weighted by atomic mass is 35.5. The summed E-state index contributed by atoms with van der Waals surface area (Å²) in [5.74, 6) is -0.377. The molecule has 2 aromatic rings. The van der Waals surface area contributed by atoms with E-state index in [-0.39, 0.29) is 11.8 Å². The number of nitrogens with one attached hydrogen (secondary N) is 1. The highest BCUT2D eigenvalue weighted by Crippen LogP contribution is 2.49. The molecule has 2 atom stereocenters. The van der Waals surface area contributed by atoms with E-state index < -0.39 is 5.54 Å². The Morgan fingerprint density at radius 1 is 1.50 bits per heavy atom. The first kappa shape index (κ1) is 13.3. The van der Waals surface area contributed by atoms with E-state index in [0.717, 1.165) is 12.0 Å². The topological polar surface area (TPSA) is 59.1 Å². The number of rotatable bonds is 4. The van der Waals surface area contributed by atoms with Crippen LogP contribution in [0.25, 0.3) is 0 Å². The Bertz CT molecular complexity index is 659. The number of aldehydes is 1. The molecule has 1 amide bonds. The summed E-state index contributed by atoms with van der Waals surface area (Å²) in [7, 11) is 0. The summed E-state index contributed by atoms with van der Waals surface area (Å²) in [6, 6.07) is 6.77. The number of aromatic nitrogens is 1. The Hall–Kier alpha value is -1.72. The fourth-order valence-electron chi connectivity index (χ4n) is 2.26. The summed E-state index contributed by atoms with van der Waals surface area (Å²) in [4.78, 5) is 27.8. The van der Waals surface area contributed by atoms with E-state index in [2.05, 4.69) is 10.3 Å². The van der Waals surface area contributed by atoms with Crippen LogP contribution in [0.1, 0.15) is 28.4 Å². The highest BCUT2D eigenvalue weighted by molar-refractivity contribution is 7.07. The molecule has 3 rings (SSSR count). The third-order valence-electron chi connectivity index (χ3n) is 3.49. The van der Waals surface area contributed by atoms with Crippen molar-refractivity contribution in [2.24, 2.45) is 0 Å². The van der Waals surface area contributed by atoms with Crippen LogP contribution in [0.2, 0.25) is 5.02 Å². The van der Waals surface area contributed by atoms with Gasteiger partial charge in [-0.15, -0.1) is 11.3 Å². The third-order valence-corrected chi connectivity index (χ3v) is 4.42. The average molecular weight is 307 g/mol. The number of thiazole rings is 1. The lowest BCUT2D eigenvalue weighted by molar-refractivity contribution is -0.110. The molecule has 4 nitrogen and oxygen atoms in total. The van der Waals surface area contributed by atoms with Crippen LogP contribution in [0, 0.1) is 0 Å². The first-order chi connectivity index (χ1) is 9.66. The van der Waals surface area contributed by atoms with Crippen LogP contribution < -0.4 is 5.32 Å². The molecule has 102 valence electrons. The van der Waals surface area contributed by atoms with Gasteiger partial charge in [0.25, 0.3) is 5.91 Å². The van der Waals surface area contributed by atoms with Crippen molar-refractivity contribution in [3.8, 4) is 0 Å². The Kier molecular flexibility index (Phi) is 3.31. The molecule has 6 heteroatoms. The zero-order valence-corrected chi connectivity index (χ0v) is 11.9. The zero-order valence-electron chi connectivity index (χ0n) is 10.4. The van der Waals surface area contributed by atoms with Crippen LogP contribution in [-0.2, 0) is 4.79 Å². The van der Waals surface area contributed by atoms with Crippen LogP contribution in [0.3, 0.4) is 0 Å². The molecule has 0 spiro atoms. The number of carbonyl (C=O) groups excluding carboxylic acids is 2. The Balaban J connectivity index is 1.79. The lowest BCUT2D eigenvalue weighted by atomic mass is 10.1. The second-order valence-electron chi connectivity index (χ2n) is 4.76. The minimum Gasteiger partial charge on any atom is -0.339 e. The number of amides is 1. The van der Waals surface area contributed by atoms with E-state index in [0.29, 0.717) is 17.0 Å². The van der Waals surface area contributed by atoms with E-state index in [1.807, 2.05) is 5.38 Å². The molecule has 0 saturated heterocycles. The smallest absolute Gasteiger partial charge is 0.253 e. The number of nitrogens with zero attached hydrogens (tertiary/aromatic N) is 1. The van der Waals surface area contributed by atoms with E-state index in [4.69, 9.17) is 11.6 Å². The van der Waals surface area contributed by atoms with Crippen LogP contribution >= 0.6 is 22.9 Å². The maximum Gasteiger partial charge on any atom is 0.253 e. The van der Waals surface area contributed by atoms with Crippen LogP contribution in [0.4, 0.5) is 0 Å². The normalized spacial score (nSPS) is 24.1. The number of halogens is 1. The molecule has 0 aliphatic heterocycles. The predicted octanol–water partition coefficient (Wildman–Crippen LogP) is 2.65. The summed E-state index contributed by atoms with van der Waals surface area (Å²) in [6.07, 6.45) is 1.38. The molecule has 0 bridgehead atoms. The van der Waals surface area contributed by atoms with Crippen molar-refractivity contribution >= 4 is 35.1 Å². The van der Waals surface area contributed by atoms with Crippen molar-refractivity contribution in [3.05, 3.63) is 51.4 Å². The van der Waals surface area contributed by atoms with Crippen molar-refractivity contribution in [2.75, 3.05) is 0 Å². The second kappa shape index (κ2) is 5.00. The molecule has 0 radical (unpaired) electrons. The van der Waals surface area contributed by atoms with Crippen molar-refractivity contribution in [1.82, 2.24) is 10.3 Å². The third kappa shape index (κ3) is 2.23. The zero-order chi connectivity index (χ0) is 14.2. The molecule has 1 fully saturated rings. The maximum absolute atomic E-state index is 12.2. The standard InChI is InChI=1S/C14H11ClN2O2S/c15-11-4-2-1-3-9(11)13(19)17-14(7-18)5-10(14)12-6-20-8-16-12/h1-4,6-8,10H,5H2,(H,17,19). The number of carbonyl (C=O) groups is 2. The van der Waals surface area contributed by atoms with Gasteiger partial charge in [0.2, 0.25) is 0 Å². The molecule has 1 saturated carbocycles. The van der Waals surface area contributed by atoms with Gasteiger partial charge in [0.05, 0.1) is 21.8 Å². The first-order valence-electron chi connectivity index (χ1n) is 6.08. The van der Waals surface area contributed by atoms with Crippen molar-refractivity contribution < 1.29 is 9.59 Å². The van der Waals surface area contributed by atoms with Gasteiger partial charge in [-0.05, 0) is 18.6 Å². The molecular weight excluding hydrogens is 296 g/mol. The lowest BCUT2D eigenvalue weighted by Crippen LogP contribution is -2.39. The molecule has 1 aromatic carbocycles. The van der Waals surface area contributed by atoms with Gasteiger partial charge in [-0.3, -0.25) is 4.79 Å². The van der Waals surface area contributed by atoms with E-state index in [1.165, 1.54) is 11.3 Å². The number of benzene rings is 1. The summed E-state index contributed by atoms with van der Waals surface area (Å²) >= 11 is 7.46. The van der Waals surface area contributed by atoms with E-state index in [1.54, 1.807) is 29.8 Å². The van der Waals surface area contributed by atoms with Gasteiger partial charge in [0.15, 0.2) is 0 Å². The van der Waals surface area contributed by atoms with E-state index in [9.17, 15) is 9.59 Å². The fourth-order valence-corrected chi connectivity index (χ4v) is 3.09. The molecule has 1 aromatic heterocycles. The molecule has 2 unspecified atom stereocenters. The molecular formula is C14H11ClN2O2S. The fraction of sp³-hybridized carbons (Fsp3) is 0.214. The van der Waals surface area contributed by atoms with Gasteiger partial charge in [0, 0.05) is 11.3 Å². The Morgan fingerprint density at radius 2 is 2.30 bits per heavy atom. The second-order valence-corrected chi connectivity index (χ2v) is 5.89. The molecule has 1 aliphatic rings. The van der Waals surface area contributed by atoms with Gasteiger partial charge >= 0.3 is 0 Å². The molecule has 20 heavy (non-hydrogen) atoms. The summed E-state index contributed by atoms with van der Waals surface area (Å²) < 4.78 is 0. The largest absolute Gasteiger partial charge is 0.339 e. The summed E-state index contributed by atoms with van der Waals surface area (Å²) in [5, 5.41) is 5.06. The van der Waals surface area contributed by atoms with Gasteiger partial charge in [-0.25, -0.2) is 4.98 Å². The van der Waals surface area contributed by atoms with Crippen LogP contribution in [0.15, 0.2) is 35.2 Å². The number of hydrogen-bond donors (Lipinski definition) is 1. The maximum atomic E-state index is 12.2. The average Bonchev–Trinajstić information content (AvgIpc) is 2.91. The monoisotopic (exact) mass is 306 g/mol. The Labute approximate surface area is 124 Å². The van der Waals surface area contributed by atoms with Crippen molar-refractivity contribution in [2.45, 2.75) is 17.9 Å². The minimum atomic E-state index is -0.843. The molecule has 1 N–H and O–H groups in total. The number of hydrogen-bond acceptors (Lipinski definition) is 4. The molecule has 1 heterocycles. The first-order valence-corrected chi connectivity index (χ1v) is 7.40. The van der Waals surface area contributed by atoms with Gasteiger partial charge in [-0.1, -0.05) is 23.7 Å². The van der Waals surface area contributed by atoms with Gasteiger partial charge < -0.3 is 10.1 Å². The minimum absolute atomic E-state index is 0.0438.